The third-order valence-electron chi connectivity index (χ3n) is 1.99. The minimum absolute atomic E-state index is 0.289. The van der Waals surface area contributed by atoms with Gasteiger partial charge in [-0.2, -0.15) is 0 Å². The second-order valence-corrected chi connectivity index (χ2v) is 2.92. The second kappa shape index (κ2) is 3.68. The summed E-state index contributed by atoms with van der Waals surface area (Å²) in [5.74, 6) is -0.289. The van der Waals surface area contributed by atoms with Gasteiger partial charge in [0.2, 0.25) is 0 Å². The fraction of sp³-hybridized carbons (Fsp3) is 0.400. The van der Waals surface area contributed by atoms with E-state index in [9.17, 15) is 9.50 Å². The van der Waals surface area contributed by atoms with Crippen molar-refractivity contribution >= 4 is 0 Å². The van der Waals surface area contributed by atoms with E-state index in [1.54, 1.807) is 6.07 Å². The van der Waals surface area contributed by atoms with Crippen LogP contribution >= 0.6 is 0 Å². The van der Waals surface area contributed by atoms with E-state index >= 15 is 0 Å². The maximum atomic E-state index is 12.7. The lowest BCUT2D eigenvalue weighted by molar-refractivity contribution is 0.172. The average molecular weight is 168 g/mol. The molecule has 0 spiro atoms. The molecule has 12 heavy (non-hydrogen) atoms. The Morgan fingerprint density at radius 1 is 1.50 bits per heavy atom. The standard InChI is InChI=1S/C10H13FO/c1-3-10(12)9-6-8(11)5-4-7(9)2/h4-6,10,12H,3H2,1-2H3/t10-/m0/s1. The molecule has 0 unspecified atom stereocenters. The molecule has 1 atom stereocenters. The van der Waals surface area contributed by atoms with Crippen LogP contribution in [0.25, 0.3) is 0 Å². The number of hydrogen-bond donors (Lipinski definition) is 1. The first-order valence-electron chi connectivity index (χ1n) is 4.09. The Bertz CT molecular complexity index is 271. The Morgan fingerprint density at radius 2 is 2.17 bits per heavy atom. The van der Waals surface area contributed by atoms with Gasteiger partial charge in [0.25, 0.3) is 0 Å². The van der Waals surface area contributed by atoms with Gasteiger partial charge in [0.1, 0.15) is 5.82 Å². The minimum atomic E-state index is -0.541. The molecule has 0 heterocycles. The third-order valence-corrected chi connectivity index (χ3v) is 1.99. The highest BCUT2D eigenvalue weighted by atomic mass is 19.1. The van der Waals surface area contributed by atoms with Crippen LogP contribution in [0.1, 0.15) is 30.6 Å². The van der Waals surface area contributed by atoms with Crippen molar-refractivity contribution in [3.63, 3.8) is 0 Å². The Kier molecular flexibility index (Phi) is 2.82. The van der Waals surface area contributed by atoms with Crippen LogP contribution in [0.15, 0.2) is 18.2 Å². The van der Waals surface area contributed by atoms with Gasteiger partial charge >= 0.3 is 0 Å². The Hall–Kier alpha value is -0.890. The van der Waals surface area contributed by atoms with Crippen molar-refractivity contribution in [2.75, 3.05) is 0 Å². The fourth-order valence-electron chi connectivity index (χ4n) is 1.19. The molecule has 0 fully saturated rings. The van der Waals surface area contributed by atoms with Crippen LogP contribution in [0.5, 0.6) is 0 Å². The molecule has 1 N–H and O–H groups in total. The second-order valence-electron chi connectivity index (χ2n) is 2.92. The van der Waals surface area contributed by atoms with Gasteiger partial charge in [-0.25, -0.2) is 4.39 Å². The molecule has 2 heteroatoms. The Morgan fingerprint density at radius 3 is 2.75 bits per heavy atom. The van der Waals surface area contributed by atoms with Crippen molar-refractivity contribution in [2.45, 2.75) is 26.4 Å². The molecule has 0 radical (unpaired) electrons. The maximum absolute atomic E-state index is 12.7. The van der Waals surface area contributed by atoms with Crippen LogP contribution in [0, 0.1) is 12.7 Å². The molecular formula is C10H13FO. The van der Waals surface area contributed by atoms with Crippen molar-refractivity contribution in [1.29, 1.82) is 0 Å². The lowest BCUT2D eigenvalue weighted by Gasteiger charge is -2.10. The molecule has 1 aromatic rings. The van der Waals surface area contributed by atoms with Gasteiger partial charge in [-0.3, -0.25) is 0 Å². The zero-order chi connectivity index (χ0) is 9.14. The van der Waals surface area contributed by atoms with Crippen molar-refractivity contribution in [3.8, 4) is 0 Å². The van der Waals surface area contributed by atoms with E-state index < -0.39 is 6.10 Å². The van der Waals surface area contributed by atoms with Gasteiger partial charge in [0, 0.05) is 0 Å². The minimum Gasteiger partial charge on any atom is -0.388 e. The topological polar surface area (TPSA) is 20.2 Å². The maximum Gasteiger partial charge on any atom is 0.123 e. The predicted octanol–water partition coefficient (Wildman–Crippen LogP) is 2.58. The molecule has 0 saturated heterocycles. The molecule has 0 aliphatic rings. The van der Waals surface area contributed by atoms with Crippen LogP contribution < -0.4 is 0 Å². The first kappa shape index (κ1) is 9.20. The van der Waals surface area contributed by atoms with Crippen molar-refractivity contribution in [2.24, 2.45) is 0 Å². The van der Waals surface area contributed by atoms with Crippen LogP contribution in [0.2, 0.25) is 0 Å². The van der Waals surface area contributed by atoms with Gasteiger partial charge in [-0.15, -0.1) is 0 Å². The summed E-state index contributed by atoms with van der Waals surface area (Å²) >= 11 is 0. The molecule has 0 saturated carbocycles. The zero-order valence-electron chi connectivity index (χ0n) is 7.34. The molecular weight excluding hydrogens is 155 g/mol. The summed E-state index contributed by atoms with van der Waals surface area (Å²) < 4.78 is 12.7. The number of rotatable bonds is 2. The van der Waals surface area contributed by atoms with Crippen LogP contribution in [-0.4, -0.2) is 5.11 Å². The monoisotopic (exact) mass is 168 g/mol. The zero-order valence-corrected chi connectivity index (χ0v) is 7.34. The molecule has 0 aliphatic carbocycles. The summed E-state index contributed by atoms with van der Waals surface area (Å²) in [6.45, 7) is 3.74. The smallest absolute Gasteiger partial charge is 0.123 e. The van der Waals surface area contributed by atoms with Crippen molar-refractivity contribution < 1.29 is 9.50 Å². The number of aryl methyl sites for hydroxylation is 1. The molecule has 1 rings (SSSR count). The number of aliphatic hydroxyl groups excluding tert-OH is 1. The molecule has 0 amide bonds. The first-order chi connectivity index (χ1) is 5.65. The van der Waals surface area contributed by atoms with Gasteiger partial charge in [-0.05, 0) is 36.6 Å². The van der Waals surface area contributed by atoms with Gasteiger partial charge in [-0.1, -0.05) is 13.0 Å². The van der Waals surface area contributed by atoms with E-state index in [0.29, 0.717) is 12.0 Å². The van der Waals surface area contributed by atoms with Gasteiger partial charge in [0.15, 0.2) is 0 Å². The summed E-state index contributed by atoms with van der Waals surface area (Å²) in [7, 11) is 0. The van der Waals surface area contributed by atoms with Crippen molar-refractivity contribution in [3.05, 3.63) is 35.1 Å². The van der Waals surface area contributed by atoms with E-state index in [1.807, 2.05) is 13.8 Å². The highest BCUT2D eigenvalue weighted by molar-refractivity contribution is 5.28. The van der Waals surface area contributed by atoms with Crippen LogP contribution in [0.4, 0.5) is 4.39 Å². The summed E-state index contributed by atoms with van der Waals surface area (Å²) in [6.07, 6.45) is 0.0744. The summed E-state index contributed by atoms with van der Waals surface area (Å²) in [4.78, 5) is 0. The fourth-order valence-corrected chi connectivity index (χ4v) is 1.19. The largest absolute Gasteiger partial charge is 0.388 e. The van der Waals surface area contributed by atoms with Crippen LogP contribution in [-0.2, 0) is 0 Å². The highest BCUT2D eigenvalue weighted by Gasteiger charge is 2.08. The number of aliphatic hydroxyl groups is 1. The molecule has 0 aliphatic heterocycles. The SMILES string of the molecule is CC[C@H](O)c1cc(F)ccc1C. The van der Waals surface area contributed by atoms with Crippen molar-refractivity contribution in [1.82, 2.24) is 0 Å². The lowest BCUT2D eigenvalue weighted by atomic mass is 10.0. The predicted molar refractivity (Wildman–Crippen MR) is 46.4 cm³/mol. The van der Waals surface area contributed by atoms with E-state index in [1.165, 1.54) is 12.1 Å². The average Bonchev–Trinajstić information content (AvgIpc) is 2.08. The summed E-state index contributed by atoms with van der Waals surface area (Å²) in [6, 6.07) is 4.48. The highest BCUT2D eigenvalue weighted by Crippen LogP contribution is 2.20. The molecule has 1 aromatic carbocycles. The molecule has 1 nitrogen and oxygen atoms in total. The number of halogens is 1. The summed E-state index contributed by atoms with van der Waals surface area (Å²) in [5.41, 5.74) is 1.63. The molecule has 0 bridgehead atoms. The third kappa shape index (κ3) is 1.83. The molecule has 66 valence electrons. The summed E-state index contributed by atoms with van der Waals surface area (Å²) in [5, 5.41) is 9.47. The number of hydrogen-bond acceptors (Lipinski definition) is 1. The van der Waals surface area contributed by atoms with Crippen LogP contribution in [0.3, 0.4) is 0 Å². The molecule has 0 aromatic heterocycles. The Labute approximate surface area is 71.9 Å². The van der Waals surface area contributed by atoms with Gasteiger partial charge < -0.3 is 5.11 Å². The number of benzene rings is 1. The first-order valence-corrected chi connectivity index (χ1v) is 4.09. The Balaban J connectivity index is 3.04. The van der Waals surface area contributed by atoms with E-state index in [0.717, 1.165) is 5.56 Å². The lowest BCUT2D eigenvalue weighted by Crippen LogP contribution is -1.98. The normalized spacial score (nSPS) is 13.0. The van der Waals surface area contributed by atoms with Gasteiger partial charge in [0.05, 0.1) is 6.10 Å². The van der Waals surface area contributed by atoms with E-state index in [2.05, 4.69) is 0 Å². The van der Waals surface area contributed by atoms with E-state index in [4.69, 9.17) is 0 Å². The van der Waals surface area contributed by atoms with E-state index in [-0.39, 0.29) is 5.82 Å². The quantitative estimate of drug-likeness (QED) is 0.719.